The van der Waals surface area contributed by atoms with Crippen molar-refractivity contribution in [1.29, 1.82) is 0 Å². The number of likely N-dealkylation sites (tertiary alicyclic amines) is 2. The van der Waals surface area contributed by atoms with Crippen LogP contribution in [0.1, 0.15) is 31.4 Å². The number of amides is 1. The van der Waals surface area contributed by atoms with Crippen molar-refractivity contribution in [2.75, 3.05) is 32.8 Å². The number of benzene rings is 2. The van der Waals surface area contributed by atoms with Crippen LogP contribution >= 0.6 is 0 Å². The van der Waals surface area contributed by atoms with Crippen LogP contribution < -0.4 is 4.74 Å². The third-order valence-electron chi connectivity index (χ3n) is 6.22. The van der Waals surface area contributed by atoms with E-state index in [1.165, 1.54) is 6.07 Å². The average Bonchev–Trinajstić information content (AvgIpc) is 3.26. The van der Waals surface area contributed by atoms with Crippen molar-refractivity contribution >= 4 is 5.91 Å². The molecule has 2 aliphatic heterocycles. The summed E-state index contributed by atoms with van der Waals surface area (Å²) in [5, 5.41) is 0. The maximum absolute atomic E-state index is 13.8. The number of hydrogen-bond donors (Lipinski definition) is 0. The molecule has 2 aromatic carbocycles. The van der Waals surface area contributed by atoms with E-state index in [1.807, 2.05) is 41.3 Å². The van der Waals surface area contributed by atoms with E-state index in [4.69, 9.17) is 4.74 Å². The smallest absolute Gasteiger partial charge is 0.219 e. The molecule has 3 atom stereocenters. The van der Waals surface area contributed by atoms with Crippen molar-refractivity contribution < 1.29 is 13.9 Å². The van der Waals surface area contributed by atoms with Gasteiger partial charge in [0.25, 0.3) is 0 Å². The Labute approximate surface area is 172 Å². The van der Waals surface area contributed by atoms with Crippen LogP contribution in [0.5, 0.6) is 5.75 Å². The Kier molecular flexibility index (Phi) is 6.14. The van der Waals surface area contributed by atoms with Crippen LogP contribution in [0.25, 0.3) is 0 Å². The van der Waals surface area contributed by atoms with Crippen LogP contribution in [0.2, 0.25) is 0 Å². The Hall–Kier alpha value is -2.40. The highest BCUT2D eigenvalue weighted by atomic mass is 19.1. The second-order valence-corrected chi connectivity index (χ2v) is 8.22. The fourth-order valence-corrected chi connectivity index (χ4v) is 4.91. The molecule has 0 radical (unpaired) electrons. The van der Waals surface area contributed by atoms with Gasteiger partial charge in [-0.15, -0.1) is 0 Å². The molecule has 0 saturated carbocycles. The normalized spacial score (nSPS) is 23.9. The minimum atomic E-state index is -0.234. The van der Waals surface area contributed by atoms with Crippen molar-refractivity contribution in [1.82, 2.24) is 9.80 Å². The van der Waals surface area contributed by atoms with Crippen molar-refractivity contribution in [2.45, 2.75) is 25.8 Å². The summed E-state index contributed by atoms with van der Waals surface area (Å²) >= 11 is 0. The summed E-state index contributed by atoms with van der Waals surface area (Å²) in [5.74, 6) is 1.61. The molecule has 1 amide bonds. The van der Waals surface area contributed by atoms with E-state index < -0.39 is 0 Å². The summed E-state index contributed by atoms with van der Waals surface area (Å²) in [7, 11) is 0. The van der Waals surface area contributed by atoms with Crippen molar-refractivity contribution in [3.63, 3.8) is 0 Å². The number of hydrogen-bond acceptors (Lipinski definition) is 3. The Bertz CT molecular complexity index is 829. The molecule has 29 heavy (non-hydrogen) atoms. The Morgan fingerprint density at radius 2 is 1.90 bits per heavy atom. The number of ether oxygens (including phenoxy) is 1. The summed E-state index contributed by atoms with van der Waals surface area (Å²) < 4.78 is 19.6. The lowest BCUT2D eigenvalue weighted by Gasteiger charge is -2.29. The van der Waals surface area contributed by atoms with Gasteiger partial charge in [-0.25, -0.2) is 4.39 Å². The van der Waals surface area contributed by atoms with Gasteiger partial charge in [0.1, 0.15) is 11.6 Å². The van der Waals surface area contributed by atoms with Crippen molar-refractivity contribution in [3.8, 4) is 5.75 Å². The Balaban J connectivity index is 1.30. The maximum Gasteiger partial charge on any atom is 0.219 e. The molecule has 4 rings (SSSR count). The molecule has 0 unspecified atom stereocenters. The molecule has 5 heteroatoms. The number of halogens is 1. The molecule has 0 bridgehead atoms. The topological polar surface area (TPSA) is 32.8 Å². The lowest BCUT2D eigenvalue weighted by Crippen LogP contribution is -2.34. The van der Waals surface area contributed by atoms with E-state index in [9.17, 15) is 9.18 Å². The van der Waals surface area contributed by atoms with Gasteiger partial charge in [-0.3, -0.25) is 4.79 Å². The minimum absolute atomic E-state index is 0.0142. The van der Waals surface area contributed by atoms with Crippen LogP contribution in [-0.4, -0.2) is 48.5 Å². The van der Waals surface area contributed by atoms with E-state index in [0.717, 1.165) is 56.9 Å². The molecule has 2 aliphatic rings. The van der Waals surface area contributed by atoms with Gasteiger partial charge in [0, 0.05) is 32.5 Å². The van der Waals surface area contributed by atoms with Gasteiger partial charge < -0.3 is 14.5 Å². The van der Waals surface area contributed by atoms with Gasteiger partial charge in [0.15, 0.2) is 0 Å². The van der Waals surface area contributed by atoms with Crippen LogP contribution in [0.4, 0.5) is 4.39 Å². The zero-order valence-corrected chi connectivity index (χ0v) is 17.0. The molecular formula is C24H29FN2O2. The zero-order chi connectivity index (χ0) is 20.2. The first kappa shape index (κ1) is 19.9. The number of carbonyl (C=O) groups excluding carboxylic acids is 1. The minimum Gasteiger partial charge on any atom is -0.494 e. The number of para-hydroxylation sites is 1. The van der Waals surface area contributed by atoms with Crippen LogP contribution in [-0.2, 0) is 4.79 Å². The Morgan fingerprint density at radius 1 is 1.07 bits per heavy atom. The zero-order valence-electron chi connectivity index (χ0n) is 17.0. The largest absolute Gasteiger partial charge is 0.494 e. The first-order chi connectivity index (χ1) is 14.1. The number of nitrogens with zero attached hydrogens (tertiary/aromatic N) is 2. The molecular weight excluding hydrogens is 367 g/mol. The highest BCUT2D eigenvalue weighted by Crippen LogP contribution is 2.45. The summed E-state index contributed by atoms with van der Waals surface area (Å²) in [5.41, 5.74) is 0.922. The highest BCUT2D eigenvalue weighted by Gasteiger charge is 2.48. The summed E-state index contributed by atoms with van der Waals surface area (Å²) in [6.45, 7) is 6.15. The molecule has 0 aliphatic carbocycles. The fourth-order valence-electron chi connectivity index (χ4n) is 4.91. The average molecular weight is 397 g/mol. The highest BCUT2D eigenvalue weighted by molar-refractivity contribution is 5.74. The van der Waals surface area contributed by atoms with Gasteiger partial charge in [0.05, 0.1) is 12.6 Å². The van der Waals surface area contributed by atoms with Crippen molar-refractivity contribution in [2.24, 2.45) is 11.8 Å². The van der Waals surface area contributed by atoms with E-state index in [0.29, 0.717) is 11.8 Å². The van der Waals surface area contributed by atoms with Gasteiger partial charge >= 0.3 is 0 Å². The molecule has 2 fully saturated rings. The van der Waals surface area contributed by atoms with E-state index in [-0.39, 0.29) is 17.8 Å². The number of fused-ring (bicyclic) bond motifs is 1. The molecule has 4 nitrogen and oxygen atoms in total. The third-order valence-corrected chi connectivity index (χ3v) is 6.22. The van der Waals surface area contributed by atoms with Gasteiger partial charge in [0.2, 0.25) is 5.91 Å². The molecule has 2 heterocycles. The predicted octanol–water partition coefficient (Wildman–Crippen LogP) is 4.14. The SMILES string of the molecule is CC(=O)N1C[C@H]2CN(CCCCOc3ccccc3)C[C@H]2[C@H]1c1cccc(F)c1. The summed E-state index contributed by atoms with van der Waals surface area (Å²) in [6, 6.07) is 16.7. The molecule has 0 spiro atoms. The second-order valence-electron chi connectivity index (χ2n) is 8.22. The number of carbonyl (C=O) groups is 1. The van der Waals surface area contributed by atoms with Crippen LogP contribution in [0.15, 0.2) is 54.6 Å². The first-order valence-corrected chi connectivity index (χ1v) is 10.5. The van der Waals surface area contributed by atoms with Crippen molar-refractivity contribution in [3.05, 3.63) is 66.0 Å². The summed E-state index contributed by atoms with van der Waals surface area (Å²) in [6.07, 6.45) is 2.11. The fraction of sp³-hybridized carbons (Fsp3) is 0.458. The van der Waals surface area contributed by atoms with Crippen LogP contribution in [0.3, 0.4) is 0 Å². The predicted molar refractivity (Wildman–Crippen MR) is 111 cm³/mol. The monoisotopic (exact) mass is 396 g/mol. The van der Waals surface area contributed by atoms with E-state index in [2.05, 4.69) is 4.90 Å². The molecule has 2 saturated heterocycles. The summed E-state index contributed by atoms with van der Waals surface area (Å²) in [4.78, 5) is 16.6. The Morgan fingerprint density at radius 3 is 2.66 bits per heavy atom. The first-order valence-electron chi connectivity index (χ1n) is 10.5. The van der Waals surface area contributed by atoms with Gasteiger partial charge in [-0.1, -0.05) is 30.3 Å². The van der Waals surface area contributed by atoms with E-state index in [1.54, 1.807) is 19.1 Å². The van der Waals surface area contributed by atoms with E-state index >= 15 is 0 Å². The van der Waals surface area contributed by atoms with Gasteiger partial charge in [-0.05, 0) is 55.1 Å². The molecule has 0 aromatic heterocycles. The lowest BCUT2D eigenvalue weighted by atomic mass is 9.89. The lowest BCUT2D eigenvalue weighted by molar-refractivity contribution is -0.130. The third kappa shape index (κ3) is 4.61. The maximum atomic E-state index is 13.8. The standard InChI is InChI=1S/C24H29FN2O2/c1-18(28)27-16-20-15-26(12-5-6-13-29-22-10-3-2-4-11-22)17-23(20)24(27)19-8-7-9-21(25)14-19/h2-4,7-11,14,20,23-24H,5-6,12-13,15-17H2,1H3/t20-,23-,24-/m1/s1. The molecule has 0 N–H and O–H groups in total. The quantitative estimate of drug-likeness (QED) is 0.660. The van der Waals surface area contributed by atoms with Crippen LogP contribution in [0, 0.1) is 17.7 Å². The number of unbranched alkanes of at least 4 members (excludes halogenated alkanes) is 1. The number of rotatable bonds is 7. The molecule has 154 valence electrons. The van der Waals surface area contributed by atoms with Gasteiger partial charge in [-0.2, -0.15) is 0 Å². The molecule has 2 aromatic rings. The second kappa shape index (κ2) is 8.95.